The van der Waals surface area contributed by atoms with Crippen molar-refractivity contribution >= 4 is 5.91 Å². The van der Waals surface area contributed by atoms with Crippen molar-refractivity contribution in [2.45, 2.75) is 256 Å². The average Bonchev–Trinajstić information content (AvgIpc) is 3.34. The summed E-state index contributed by atoms with van der Waals surface area (Å²) in [4.78, 5) is 13.0. The Morgan fingerprint density at radius 1 is 0.515 bits per heavy atom. The first-order valence-corrected chi connectivity index (χ1v) is 27.5. The Balaban J connectivity index is 2.33. The zero-order chi connectivity index (χ0) is 49.4. The number of aliphatic hydroxyl groups excluding tert-OH is 5. The normalized spacial score (nSPS) is 20.4. The molecule has 7 unspecified atom stereocenters. The number of carbonyl (C=O) groups is 1. The van der Waals surface area contributed by atoms with E-state index in [1.165, 1.54) is 103 Å². The van der Waals surface area contributed by atoms with E-state index >= 15 is 0 Å². The van der Waals surface area contributed by atoms with Crippen LogP contribution >= 0.6 is 0 Å². The summed E-state index contributed by atoms with van der Waals surface area (Å²) in [6, 6.07) is -0.843. The number of aliphatic hydroxyl groups is 5. The van der Waals surface area contributed by atoms with Crippen molar-refractivity contribution in [3.63, 3.8) is 0 Å². The van der Waals surface area contributed by atoms with E-state index in [0.29, 0.717) is 12.8 Å². The van der Waals surface area contributed by atoms with Gasteiger partial charge in [-0.15, -0.1) is 0 Å². The fraction of sp³-hybridized carbons (Fsp3) is 0.712. The van der Waals surface area contributed by atoms with Crippen LogP contribution in [0.2, 0.25) is 0 Å². The molecule has 0 aromatic heterocycles. The highest BCUT2D eigenvalue weighted by molar-refractivity contribution is 5.76. The van der Waals surface area contributed by atoms with Crippen molar-refractivity contribution in [3.05, 3.63) is 97.2 Å². The third-order valence-electron chi connectivity index (χ3n) is 12.4. The first-order valence-electron chi connectivity index (χ1n) is 27.5. The van der Waals surface area contributed by atoms with Gasteiger partial charge in [-0.25, -0.2) is 0 Å². The van der Waals surface area contributed by atoms with Gasteiger partial charge in [0.15, 0.2) is 6.29 Å². The second-order valence-corrected chi connectivity index (χ2v) is 18.6. The van der Waals surface area contributed by atoms with Crippen LogP contribution in [0, 0.1) is 0 Å². The van der Waals surface area contributed by atoms with Crippen molar-refractivity contribution in [1.82, 2.24) is 5.32 Å². The van der Waals surface area contributed by atoms with Crippen molar-refractivity contribution < 1.29 is 39.8 Å². The molecule has 1 aliphatic heterocycles. The number of rotatable bonds is 45. The molecule has 6 N–H and O–H groups in total. The topological polar surface area (TPSA) is 149 Å². The molecule has 0 aromatic carbocycles. The minimum Gasteiger partial charge on any atom is -0.394 e. The summed E-state index contributed by atoms with van der Waals surface area (Å²) in [6.45, 7) is 3.63. The molecular weight excluding hydrogens is 851 g/mol. The van der Waals surface area contributed by atoms with Gasteiger partial charge in [-0.05, 0) is 83.5 Å². The Labute approximate surface area is 415 Å². The van der Waals surface area contributed by atoms with Crippen LogP contribution in [0.15, 0.2) is 97.2 Å². The minimum atomic E-state index is -1.58. The standard InChI is InChI=1S/C59H101NO8/c1-3-5-7-9-11-13-15-17-19-21-23-25-27-29-31-33-35-37-39-41-43-45-47-49-55(63)60-52(51-67-59-58(66)57(65)56(64)54(50-61)68-59)53(62)48-46-44-42-40-38-36-34-32-30-28-26-24-22-20-18-16-14-12-10-8-6-4-2/h5,7,11,13,17,19,23,25,29,31,35,37-38,40,46,48,52-54,56-59,61-62,64-66H,3-4,6,8-10,12,14-16,18,20-22,24,26-28,30,32-34,36,39,41-45,47,49-51H2,1-2H3,(H,60,63)/b7-5-,13-11-,19-17-,25-23-,31-29-,37-35-,40-38+,48-46+. The third-order valence-corrected chi connectivity index (χ3v) is 12.4. The molecule has 1 aliphatic rings. The Bertz CT molecular complexity index is 1380. The highest BCUT2D eigenvalue weighted by Gasteiger charge is 2.44. The molecule has 0 aromatic rings. The molecule has 0 spiro atoms. The largest absolute Gasteiger partial charge is 0.394 e. The van der Waals surface area contributed by atoms with Crippen LogP contribution in [-0.4, -0.2) is 87.5 Å². The number of ether oxygens (including phenoxy) is 2. The van der Waals surface area contributed by atoms with Gasteiger partial charge in [0.1, 0.15) is 24.4 Å². The first-order chi connectivity index (χ1) is 33.3. The van der Waals surface area contributed by atoms with Crippen molar-refractivity contribution in [2.75, 3.05) is 13.2 Å². The van der Waals surface area contributed by atoms with Crippen LogP contribution in [0.3, 0.4) is 0 Å². The average molecular weight is 952 g/mol. The highest BCUT2D eigenvalue weighted by atomic mass is 16.7. The van der Waals surface area contributed by atoms with Crippen molar-refractivity contribution in [3.8, 4) is 0 Å². The van der Waals surface area contributed by atoms with Gasteiger partial charge in [0.05, 0.1) is 25.4 Å². The molecule has 0 aliphatic carbocycles. The predicted molar refractivity (Wildman–Crippen MR) is 285 cm³/mol. The van der Waals surface area contributed by atoms with E-state index in [1.807, 2.05) is 6.08 Å². The lowest BCUT2D eigenvalue weighted by atomic mass is 9.99. The van der Waals surface area contributed by atoms with Gasteiger partial charge in [-0.1, -0.05) is 220 Å². The zero-order valence-electron chi connectivity index (χ0n) is 43.1. The lowest BCUT2D eigenvalue weighted by molar-refractivity contribution is -0.302. The Morgan fingerprint density at radius 3 is 1.41 bits per heavy atom. The maximum Gasteiger partial charge on any atom is 0.220 e. The van der Waals surface area contributed by atoms with Crippen LogP contribution in [0.4, 0.5) is 0 Å². The Morgan fingerprint density at radius 2 is 0.926 bits per heavy atom. The van der Waals surface area contributed by atoms with E-state index in [-0.39, 0.29) is 12.5 Å². The summed E-state index contributed by atoms with van der Waals surface area (Å²) in [6.07, 6.45) is 61.7. The molecule has 0 saturated carbocycles. The Hall–Kier alpha value is -2.89. The van der Waals surface area contributed by atoms with Gasteiger partial charge >= 0.3 is 0 Å². The molecule has 7 atom stereocenters. The van der Waals surface area contributed by atoms with Crippen molar-refractivity contribution in [1.29, 1.82) is 0 Å². The fourth-order valence-electron chi connectivity index (χ4n) is 8.06. The van der Waals surface area contributed by atoms with Crippen LogP contribution in [0.1, 0.15) is 213 Å². The molecule has 0 bridgehead atoms. The first kappa shape index (κ1) is 63.1. The maximum atomic E-state index is 13.0. The monoisotopic (exact) mass is 952 g/mol. The van der Waals surface area contributed by atoms with Crippen LogP contribution in [0.5, 0.6) is 0 Å². The summed E-state index contributed by atoms with van der Waals surface area (Å²) in [5.74, 6) is -0.214. The van der Waals surface area contributed by atoms with Gasteiger partial charge in [0.2, 0.25) is 5.91 Å². The number of nitrogens with one attached hydrogen (secondary N) is 1. The van der Waals surface area contributed by atoms with E-state index in [0.717, 1.165) is 83.5 Å². The molecule has 1 heterocycles. The highest BCUT2D eigenvalue weighted by Crippen LogP contribution is 2.23. The summed E-state index contributed by atoms with van der Waals surface area (Å²) in [7, 11) is 0. The molecule has 1 amide bonds. The molecule has 1 saturated heterocycles. The number of hydrogen-bond donors (Lipinski definition) is 6. The summed E-state index contributed by atoms with van der Waals surface area (Å²) >= 11 is 0. The van der Waals surface area contributed by atoms with Crippen molar-refractivity contribution in [2.24, 2.45) is 0 Å². The van der Waals surface area contributed by atoms with Gasteiger partial charge in [-0.3, -0.25) is 4.79 Å². The minimum absolute atomic E-state index is 0.214. The molecule has 390 valence electrons. The second-order valence-electron chi connectivity index (χ2n) is 18.6. The second kappa shape index (κ2) is 47.8. The van der Waals surface area contributed by atoms with Gasteiger partial charge < -0.3 is 40.3 Å². The van der Waals surface area contributed by atoms with Crippen LogP contribution in [0.25, 0.3) is 0 Å². The van der Waals surface area contributed by atoms with E-state index in [4.69, 9.17) is 9.47 Å². The van der Waals surface area contributed by atoms with E-state index in [9.17, 15) is 30.3 Å². The molecule has 1 fully saturated rings. The third kappa shape index (κ3) is 37.0. The smallest absolute Gasteiger partial charge is 0.220 e. The molecule has 0 radical (unpaired) electrons. The SMILES string of the molecule is CC/C=C\C/C=C\C/C=C\C/C=C\C/C=C\C/C=C\CCCCCCC(=O)NC(COC1OC(CO)C(O)C(O)C1O)C(O)/C=C/CC/C=C/CCCCCCCCCCCCCCCCCC. The quantitative estimate of drug-likeness (QED) is 0.0261. The summed E-state index contributed by atoms with van der Waals surface area (Å²) in [5.41, 5.74) is 0. The fourth-order valence-corrected chi connectivity index (χ4v) is 8.06. The van der Waals surface area contributed by atoms with Crippen LogP contribution < -0.4 is 5.32 Å². The Kier molecular flexibility index (Phi) is 44.3. The number of allylic oxidation sites excluding steroid dienone is 15. The van der Waals surface area contributed by atoms with Crippen LogP contribution in [-0.2, 0) is 14.3 Å². The molecule has 9 nitrogen and oxygen atoms in total. The lowest BCUT2D eigenvalue weighted by Gasteiger charge is -2.40. The van der Waals surface area contributed by atoms with Gasteiger partial charge in [0.25, 0.3) is 0 Å². The van der Waals surface area contributed by atoms with Gasteiger partial charge in [-0.2, -0.15) is 0 Å². The summed E-state index contributed by atoms with van der Waals surface area (Å²) < 4.78 is 11.2. The number of hydrogen-bond acceptors (Lipinski definition) is 8. The lowest BCUT2D eigenvalue weighted by Crippen LogP contribution is -2.60. The molecule has 68 heavy (non-hydrogen) atoms. The molecular formula is C59H101NO8. The number of amides is 1. The maximum absolute atomic E-state index is 13.0. The van der Waals surface area contributed by atoms with Gasteiger partial charge in [0, 0.05) is 6.42 Å². The zero-order valence-corrected chi connectivity index (χ0v) is 43.1. The van der Waals surface area contributed by atoms with E-state index in [2.05, 4.69) is 104 Å². The predicted octanol–water partition coefficient (Wildman–Crippen LogP) is 13.2. The van der Waals surface area contributed by atoms with E-state index in [1.54, 1.807) is 6.08 Å². The molecule has 1 rings (SSSR count). The van der Waals surface area contributed by atoms with E-state index < -0.39 is 49.5 Å². The number of unbranched alkanes of at least 4 members (excludes halogenated alkanes) is 21. The number of carbonyl (C=O) groups excluding carboxylic acids is 1. The molecule has 9 heteroatoms. The summed E-state index contributed by atoms with van der Waals surface area (Å²) in [5, 5.41) is 54.4.